The maximum atomic E-state index is 10.7. The van der Waals surface area contributed by atoms with E-state index in [0.29, 0.717) is 18.1 Å². The number of hydrogen-bond donors (Lipinski definition) is 0. The van der Waals surface area contributed by atoms with Gasteiger partial charge in [0.2, 0.25) is 0 Å². The van der Waals surface area contributed by atoms with E-state index in [2.05, 4.69) is 4.98 Å². The first-order valence-corrected chi connectivity index (χ1v) is 4.56. The van der Waals surface area contributed by atoms with E-state index in [0.717, 1.165) is 16.5 Å². The zero-order valence-corrected chi connectivity index (χ0v) is 8.23. The summed E-state index contributed by atoms with van der Waals surface area (Å²) < 4.78 is 0. The van der Waals surface area contributed by atoms with Crippen LogP contribution in [0.15, 0.2) is 24.3 Å². The molecule has 2 rings (SSSR count). The van der Waals surface area contributed by atoms with Gasteiger partial charge in [-0.3, -0.25) is 9.59 Å². The van der Waals surface area contributed by atoms with Crippen molar-refractivity contribution < 1.29 is 9.59 Å². The van der Waals surface area contributed by atoms with Gasteiger partial charge in [-0.2, -0.15) is 0 Å². The number of fused-ring (bicyclic) bond motifs is 1. The van der Waals surface area contributed by atoms with Crippen LogP contribution in [0, 0.1) is 6.92 Å². The smallest absolute Gasteiger partial charge is 0.169 e. The molecule has 0 aliphatic heterocycles. The molecule has 15 heavy (non-hydrogen) atoms. The van der Waals surface area contributed by atoms with Gasteiger partial charge in [-0.15, -0.1) is 0 Å². The molecule has 0 radical (unpaired) electrons. The van der Waals surface area contributed by atoms with Gasteiger partial charge in [0.25, 0.3) is 0 Å². The predicted molar refractivity (Wildman–Crippen MR) is 57.3 cm³/mol. The summed E-state index contributed by atoms with van der Waals surface area (Å²) in [6, 6.07) is 7.40. The molecule has 0 unspecified atom stereocenters. The summed E-state index contributed by atoms with van der Waals surface area (Å²) in [5, 5.41) is 0.869. The second-order valence-electron chi connectivity index (χ2n) is 3.39. The quantitative estimate of drug-likeness (QED) is 0.696. The molecule has 0 atom stereocenters. The lowest BCUT2D eigenvalue weighted by molar-refractivity contribution is 0.109. The summed E-state index contributed by atoms with van der Waals surface area (Å²) in [5.41, 5.74) is 2.35. The molecule has 0 N–H and O–H groups in total. The third-order valence-corrected chi connectivity index (χ3v) is 2.27. The summed E-state index contributed by atoms with van der Waals surface area (Å²) in [7, 11) is 0. The minimum atomic E-state index is 0.197. The number of hydrogen-bond acceptors (Lipinski definition) is 3. The highest BCUT2D eigenvalue weighted by molar-refractivity contribution is 5.94. The van der Waals surface area contributed by atoms with Crippen molar-refractivity contribution >= 4 is 23.5 Å². The number of carbonyl (C=O) groups is 2. The maximum absolute atomic E-state index is 10.7. The Bertz CT molecular complexity index is 547. The summed E-state index contributed by atoms with van der Waals surface area (Å²) >= 11 is 0. The van der Waals surface area contributed by atoms with Gasteiger partial charge >= 0.3 is 0 Å². The second kappa shape index (κ2) is 3.61. The highest BCUT2D eigenvalue weighted by Crippen LogP contribution is 2.16. The van der Waals surface area contributed by atoms with Crippen LogP contribution in [-0.2, 0) is 0 Å². The minimum Gasteiger partial charge on any atom is -0.298 e. The van der Waals surface area contributed by atoms with E-state index in [4.69, 9.17) is 0 Å². The molecule has 0 spiro atoms. The predicted octanol–water partition coefficient (Wildman–Crippen LogP) is 2.17. The third-order valence-electron chi connectivity index (χ3n) is 2.27. The Morgan fingerprint density at radius 1 is 1.13 bits per heavy atom. The molecule has 0 saturated carbocycles. The minimum absolute atomic E-state index is 0.197. The molecule has 0 amide bonds. The number of rotatable bonds is 2. The van der Waals surface area contributed by atoms with E-state index in [9.17, 15) is 9.59 Å². The van der Waals surface area contributed by atoms with Crippen molar-refractivity contribution in [2.75, 3.05) is 0 Å². The van der Waals surface area contributed by atoms with E-state index < -0.39 is 0 Å². The summed E-state index contributed by atoms with van der Waals surface area (Å²) in [5.74, 6) is 0. The first kappa shape index (κ1) is 9.52. The molecule has 1 aromatic heterocycles. The second-order valence-corrected chi connectivity index (χ2v) is 3.39. The van der Waals surface area contributed by atoms with Crippen LogP contribution >= 0.6 is 0 Å². The van der Waals surface area contributed by atoms with E-state index >= 15 is 0 Å². The molecule has 0 fully saturated rings. The third kappa shape index (κ3) is 1.64. The van der Waals surface area contributed by atoms with Crippen molar-refractivity contribution in [2.24, 2.45) is 0 Å². The van der Waals surface area contributed by atoms with Crippen molar-refractivity contribution in [3.63, 3.8) is 0 Å². The first-order valence-electron chi connectivity index (χ1n) is 4.56. The molecule has 3 heteroatoms. The Kier molecular flexibility index (Phi) is 2.29. The Morgan fingerprint density at radius 2 is 1.93 bits per heavy atom. The van der Waals surface area contributed by atoms with E-state index in [1.165, 1.54) is 0 Å². The molecular formula is C12H9NO2. The number of carbonyl (C=O) groups excluding carboxylic acids is 2. The monoisotopic (exact) mass is 199 g/mol. The van der Waals surface area contributed by atoms with Crippen molar-refractivity contribution in [1.29, 1.82) is 0 Å². The van der Waals surface area contributed by atoms with Gasteiger partial charge in [0.05, 0.1) is 5.52 Å². The van der Waals surface area contributed by atoms with Crippen molar-refractivity contribution in [2.45, 2.75) is 6.92 Å². The maximum Gasteiger partial charge on any atom is 0.169 e. The van der Waals surface area contributed by atoms with E-state index in [1.807, 2.05) is 25.1 Å². The standard InChI is InChI=1S/C12H9NO2/c1-8-2-3-9-5-10(6-14)12(7-15)13-11(9)4-8/h2-7H,1H3. The summed E-state index contributed by atoms with van der Waals surface area (Å²) in [6.45, 7) is 1.95. The van der Waals surface area contributed by atoms with E-state index in [1.54, 1.807) is 6.07 Å². The Morgan fingerprint density at radius 3 is 2.60 bits per heavy atom. The number of benzene rings is 1. The lowest BCUT2D eigenvalue weighted by Gasteiger charge is -2.01. The van der Waals surface area contributed by atoms with Gasteiger partial charge in [0.1, 0.15) is 5.69 Å². The number of aldehydes is 2. The molecule has 74 valence electrons. The lowest BCUT2D eigenvalue weighted by atomic mass is 10.1. The van der Waals surface area contributed by atoms with Gasteiger partial charge < -0.3 is 0 Å². The molecule has 0 bridgehead atoms. The topological polar surface area (TPSA) is 47.0 Å². The van der Waals surface area contributed by atoms with Crippen molar-refractivity contribution in [3.05, 3.63) is 41.1 Å². The number of pyridine rings is 1. The number of aromatic nitrogens is 1. The summed E-state index contributed by atoms with van der Waals surface area (Å²) in [4.78, 5) is 25.5. The summed E-state index contributed by atoms with van der Waals surface area (Å²) in [6.07, 6.45) is 1.25. The average Bonchev–Trinajstić information content (AvgIpc) is 2.27. The fraction of sp³-hybridized carbons (Fsp3) is 0.0833. The van der Waals surface area contributed by atoms with Crippen LogP contribution in [-0.4, -0.2) is 17.6 Å². The van der Waals surface area contributed by atoms with Gasteiger partial charge in [-0.1, -0.05) is 12.1 Å². The normalized spacial score (nSPS) is 10.2. The molecular weight excluding hydrogens is 190 g/mol. The highest BCUT2D eigenvalue weighted by atomic mass is 16.1. The molecule has 0 aliphatic carbocycles. The van der Waals surface area contributed by atoms with Crippen LogP contribution in [0.3, 0.4) is 0 Å². The fourth-order valence-corrected chi connectivity index (χ4v) is 1.50. The number of nitrogens with zero attached hydrogens (tertiary/aromatic N) is 1. The molecule has 3 nitrogen and oxygen atoms in total. The van der Waals surface area contributed by atoms with Crippen LogP contribution < -0.4 is 0 Å². The zero-order chi connectivity index (χ0) is 10.8. The largest absolute Gasteiger partial charge is 0.298 e. The van der Waals surface area contributed by atoms with E-state index in [-0.39, 0.29) is 5.69 Å². The molecule has 1 aromatic carbocycles. The Balaban J connectivity index is 2.80. The lowest BCUT2D eigenvalue weighted by Crippen LogP contribution is -1.96. The van der Waals surface area contributed by atoms with Crippen LogP contribution in [0.2, 0.25) is 0 Å². The Hall–Kier alpha value is -2.03. The fourth-order valence-electron chi connectivity index (χ4n) is 1.50. The van der Waals surface area contributed by atoms with Gasteiger partial charge in [0, 0.05) is 10.9 Å². The molecule has 1 heterocycles. The zero-order valence-electron chi connectivity index (χ0n) is 8.23. The van der Waals surface area contributed by atoms with Crippen LogP contribution in [0.5, 0.6) is 0 Å². The van der Waals surface area contributed by atoms with Crippen LogP contribution in [0.25, 0.3) is 10.9 Å². The molecule has 0 saturated heterocycles. The van der Waals surface area contributed by atoms with Crippen LogP contribution in [0.4, 0.5) is 0 Å². The highest BCUT2D eigenvalue weighted by Gasteiger charge is 2.04. The Labute approximate surface area is 86.8 Å². The van der Waals surface area contributed by atoms with Gasteiger partial charge in [-0.25, -0.2) is 4.98 Å². The van der Waals surface area contributed by atoms with Crippen LogP contribution in [0.1, 0.15) is 26.4 Å². The molecule has 0 aliphatic rings. The SMILES string of the molecule is Cc1ccc2cc(C=O)c(C=O)nc2c1. The van der Waals surface area contributed by atoms with Crippen molar-refractivity contribution in [3.8, 4) is 0 Å². The van der Waals surface area contributed by atoms with Crippen molar-refractivity contribution in [1.82, 2.24) is 4.98 Å². The van der Waals surface area contributed by atoms with Gasteiger partial charge in [-0.05, 0) is 24.6 Å². The average molecular weight is 199 g/mol. The first-order chi connectivity index (χ1) is 7.24. The van der Waals surface area contributed by atoms with Gasteiger partial charge in [0.15, 0.2) is 12.6 Å². The molecule has 2 aromatic rings. The number of aryl methyl sites for hydroxylation is 1.